The highest BCUT2D eigenvalue weighted by molar-refractivity contribution is 6.00. The first-order chi connectivity index (χ1) is 11.6. The van der Waals surface area contributed by atoms with Crippen molar-refractivity contribution in [2.24, 2.45) is 0 Å². The van der Waals surface area contributed by atoms with Crippen molar-refractivity contribution in [1.82, 2.24) is 0 Å². The van der Waals surface area contributed by atoms with Crippen molar-refractivity contribution < 1.29 is 9.18 Å². The highest BCUT2D eigenvalue weighted by atomic mass is 19.1. The number of fused-ring (bicyclic) bond motifs is 2. The summed E-state index contributed by atoms with van der Waals surface area (Å²) in [5.41, 5.74) is 3.75. The van der Waals surface area contributed by atoms with E-state index in [2.05, 4.69) is 34.5 Å². The molecular weight excluding hydrogens is 303 g/mol. The number of carbonyl (C=O) groups is 1. The molecule has 0 atom stereocenters. The molecule has 3 nitrogen and oxygen atoms in total. The van der Waals surface area contributed by atoms with Crippen LogP contribution in [0.4, 0.5) is 15.8 Å². The number of Topliss-reactive ketones (excluding diaryl/α,β-unsaturated/α-hetero) is 1. The Labute approximate surface area is 141 Å². The van der Waals surface area contributed by atoms with E-state index in [0.717, 1.165) is 38.2 Å². The van der Waals surface area contributed by atoms with Crippen molar-refractivity contribution >= 4 is 17.2 Å². The number of para-hydroxylation sites is 1. The maximum absolute atomic E-state index is 14.1. The molecular formula is C20H21FN2O. The number of nitrogens with one attached hydrogen (secondary N) is 1. The number of hydrogen-bond acceptors (Lipinski definition) is 3. The molecule has 4 rings (SSSR count). The molecule has 0 radical (unpaired) electrons. The van der Waals surface area contributed by atoms with Gasteiger partial charge >= 0.3 is 0 Å². The fourth-order valence-electron chi connectivity index (χ4n) is 4.21. The quantitative estimate of drug-likeness (QED) is 0.848. The molecule has 2 aliphatic heterocycles. The molecule has 0 saturated carbocycles. The van der Waals surface area contributed by atoms with Gasteiger partial charge in [-0.3, -0.25) is 4.79 Å². The van der Waals surface area contributed by atoms with Crippen LogP contribution in [0.15, 0.2) is 42.5 Å². The molecule has 4 heteroatoms. The highest BCUT2D eigenvalue weighted by Crippen LogP contribution is 2.44. The van der Waals surface area contributed by atoms with Gasteiger partial charge in [0.1, 0.15) is 5.82 Å². The Kier molecular flexibility index (Phi) is 3.56. The summed E-state index contributed by atoms with van der Waals surface area (Å²) in [5.74, 6) is -0.635. The van der Waals surface area contributed by atoms with E-state index < -0.39 is 5.82 Å². The van der Waals surface area contributed by atoms with E-state index in [1.54, 1.807) is 6.07 Å². The predicted octanol–water partition coefficient (Wildman–Crippen LogP) is 3.99. The molecule has 0 aromatic heterocycles. The third-order valence-corrected chi connectivity index (χ3v) is 5.52. The Balaban J connectivity index is 1.60. The molecule has 0 amide bonds. The molecule has 124 valence electrons. The predicted molar refractivity (Wildman–Crippen MR) is 94.5 cm³/mol. The SMILES string of the molecule is CC(=O)c1c(F)cccc1N1CCC2(CC1)CNc1ccccc12. The first-order valence-corrected chi connectivity index (χ1v) is 8.48. The van der Waals surface area contributed by atoms with Gasteiger partial charge in [0, 0.05) is 30.7 Å². The molecule has 0 aliphatic carbocycles. The molecule has 2 aromatic rings. The number of anilines is 2. The fourth-order valence-corrected chi connectivity index (χ4v) is 4.21. The van der Waals surface area contributed by atoms with Gasteiger partial charge in [0.2, 0.25) is 0 Å². The minimum Gasteiger partial charge on any atom is -0.384 e. The van der Waals surface area contributed by atoms with Crippen LogP contribution in [-0.2, 0) is 5.41 Å². The lowest BCUT2D eigenvalue weighted by atomic mass is 9.74. The van der Waals surface area contributed by atoms with E-state index in [1.165, 1.54) is 24.2 Å². The minimum absolute atomic E-state index is 0.163. The smallest absolute Gasteiger partial charge is 0.164 e. The first-order valence-electron chi connectivity index (χ1n) is 8.48. The molecule has 2 heterocycles. The van der Waals surface area contributed by atoms with E-state index in [9.17, 15) is 9.18 Å². The fraction of sp³-hybridized carbons (Fsp3) is 0.350. The Hall–Kier alpha value is -2.36. The number of benzene rings is 2. The monoisotopic (exact) mass is 324 g/mol. The van der Waals surface area contributed by atoms with Crippen LogP contribution < -0.4 is 10.2 Å². The molecule has 2 aliphatic rings. The third kappa shape index (κ3) is 2.29. The van der Waals surface area contributed by atoms with Gasteiger partial charge in [-0.25, -0.2) is 4.39 Å². The normalized spacial score (nSPS) is 18.3. The van der Waals surface area contributed by atoms with Crippen molar-refractivity contribution in [3.8, 4) is 0 Å². The summed E-state index contributed by atoms with van der Waals surface area (Å²) in [7, 11) is 0. The average Bonchev–Trinajstić information content (AvgIpc) is 2.94. The number of piperidine rings is 1. The number of carbonyl (C=O) groups excluding carboxylic acids is 1. The molecule has 1 fully saturated rings. The maximum Gasteiger partial charge on any atom is 0.164 e. The molecule has 1 N–H and O–H groups in total. The number of halogens is 1. The zero-order valence-corrected chi connectivity index (χ0v) is 13.8. The van der Waals surface area contributed by atoms with Crippen molar-refractivity contribution in [3.63, 3.8) is 0 Å². The summed E-state index contributed by atoms with van der Waals surface area (Å²) in [6, 6.07) is 13.4. The molecule has 0 unspecified atom stereocenters. The van der Waals surface area contributed by atoms with Gasteiger partial charge in [-0.1, -0.05) is 24.3 Å². The molecule has 1 saturated heterocycles. The number of ketones is 1. The van der Waals surface area contributed by atoms with Crippen LogP contribution in [0.2, 0.25) is 0 Å². The van der Waals surface area contributed by atoms with Gasteiger partial charge in [0.05, 0.1) is 11.3 Å². The van der Waals surface area contributed by atoms with Crippen molar-refractivity contribution in [1.29, 1.82) is 0 Å². The Morgan fingerprint density at radius 3 is 2.62 bits per heavy atom. The zero-order chi connectivity index (χ0) is 16.7. The molecule has 2 aromatic carbocycles. The molecule has 0 bridgehead atoms. The Bertz CT molecular complexity index is 794. The lowest BCUT2D eigenvalue weighted by molar-refractivity contribution is 0.101. The van der Waals surface area contributed by atoms with Gasteiger partial charge in [-0.15, -0.1) is 0 Å². The van der Waals surface area contributed by atoms with Crippen molar-refractivity contribution in [2.75, 3.05) is 29.9 Å². The Morgan fingerprint density at radius 1 is 1.12 bits per heavy atom. The second-order valence-corrected chi connectivity index (χ2v) is 6.86. The molecule has 1 spiro atoms. The number of nitrogens with zero attached hydrogens (tertiary/aromatic N) is 1. The van der Waals surface area contributed by atoms with Gasteiger partial charge in [-0.05, 0) is 43.5 Å². The standard InChI is InChI=1S/C20H21FN2O/c1-14(24)19-16(21)6-4-8-18(19)23-11-9-20(10-12-23)13-22-17-7-3-2-5-15(17)20/h2-8,22H,9-13H2,1H3. The summed E-state index contributed by atoms with van der Waals surface area (Å²) in [6.45, 7) is 4.06. The van der Waals surface area contributed by atoms with Crippen LogP contribution in [0.1, 0.15) is 35.7 Å². The van der Waals surface area contributed by atoms with Crippen LogP contribution >= 0.6 is 0 Å². The van der Waals surface area contributed by atoms with E-state index in [0.29, 0.717) is 0 Å². The summed E-state index contributed by atoms with van der Waals surface area (Å²) < 4.78 is 14.1. The first kappa shape index (κ1) is 15.2. The van der Waals surface area contributed by atoms with E-state index in [1.807, 2.05) is 6.07 Å². The number of hydrogen-bond donors (Lipinski definition) is 1. The third-order valence-electron chi connectivity index (χ3n) is 5.52. The topological polar surface area (TPSA) is 32.3 Å². The van der Waals surface area contributed by atoms with Gasteiger partial charge < -0.3 is 10.2 Å². The van der Waals surface area contributed by atoms with E-state index >= 15 is 0 Å². The van der Waals surface area contributed by atoms with Gasteiger partial charge in [-0.2, -0.15) is 0 Å². The van der Waals surface area contributed by atoms with Gasteiger partial charge in [0.25, 0.3) is 0 Å². The summed E-state index contributed by atoms with van der Waals surface area (Å²) >= 11 is 0. The largest absolute Gasteiger partial charge is 0.384 e. The van der Waals surface area contributed by atoms with Crippen LogP contribution in [0.3, 0.4) is 0 Å². The lowest BCUT2D eigenvalue weighted by Gasteiger charge is -2.41. The second-order valence-electron chi connectivity index (χ2n) is 6.86. The average molecular weight is 324 g/mol. The summed E-state index contributed by atoms with van der Waals surface area (Å²) in [4.78, 5) is 14.0. The van der Waals surface area contributed by atoms with E-state index in [4.69, 9.17) is 0 Å². The van der Waals surface area contributed by atoms with Gasteiger partial charge in [0.15, 0.2) is 5.78 Å². The highest BCUT2D eigenvalue weighted by Gasteiger charge is 2.41. The van der Waals surface area contributed by atoms with E-state index in [-0.39, 0.29) is 16.8 Å². The van der Waals surface area contributed by atoms with Crippen LogP contribution in [0.25, 0.3) is 0 Å². The van der Waals surface area contributed by atoms with Crippen LogP contribution in [-0.4, -0.2) is 25.4 Å². The molecule has 24 heavy (non-hydrogen) atoms. The van der Waals surface area contributed by atoms with Crippen LogP contribution in [0, 0.1) is 5.82 Å². The van der Waals surface area contributed by atoms with Crippen molar-refractivity contribution in [2.45, 2.75) is 25.2 Å². The lowest BCUT2D eigenvalue weighted by Crippen LogP contribution is -2.44. The zero-order valence-electron chi connectivity index (χ0n) is 13.8. The second kappa shape index (κ2) is 5.62. The van der Waals surface area contributed by atoms with Crippen molar-refractivity contribution in [3.05, 3.63) is 59.4 Å². The minimum atomic E-state index is -0.423. The Morgan fingerprint density at radius 2 is 1.88 bits per heavy atom. The number of rotatable bonds is 2. The summed E-state index contributed by atoms with van der Waals surface area (Å²) in [6.07, 6.45) is 2.01. The summed E-state index contributed by atoms with van der Waals surface area (Å²) in [5, 5.41) is 3.52. The maximum atomic E-state index is 14.1. The van der Waals surface area contributed by atoms with Crippen LogP contribution in [0.5, 0.6) is 0 Å².